The van der Waals surface area contributed by atoms with E-state index in [1.807, 2.05) is 13.0 Å². The normalized spacial score (nSPS) is 27.0. The minimum Gasteiger partial charge on any atom is -0.382 e. The molecule has 0 spiro atoms. The molecule has 0 aromatic heterocycles. The summed E-state index contributed by atoms with van der Waals surface area (Å²) in [4.78, 5) is 10.4. The van der Waals surface area contributed by atoms with E-state index in [9.17, 15) is 10.1 Å². The van der Waals surface area contributed by atoms with E-state index in [0.29, 0.717) is 12.0 Å². The Bertz CT molecular complexity index is 473. The molecule has 1 aromatic rings. The van der Waals surface area contributed by atoms with Crippen molar-refractivity contribution in [3.8, 4) is 0 Å². The molecule has 0 aliphatic heterocycles. The quantitative estimate of drug-likeness (QED) is 0.658. The van der Waals surface area contributed by atoms with Gasteiger partial charge in [0.05, 0.1) is 4.92 Å². The first-order valence-corrected chi connectivity index (χ1v) is 7.00. The highest BCUT2D eigenvalue weighted by Crippen LogP contribution is 2.32. The first kappa shape index (κ1) is 13.8. The topological polar surface area (TPSA) is 55.2 Å². The standard InChI is InChI=1S/C15H22N2O2/c1-10-5-4-6-15(12(10)3)16-14-8-7-13(17(18)19)9-11(14)2/h7-10,12,15-16H,4-6H2,1-3H3. The van der Waals surface area contributed by atoms with Crippen LogP contribution >= 0.6 is 0 Å². The lowest BCUT2D eigenvalue weighted by molar-refractivity contribution is -0.384. The summed E-state index contributed by atoms with van der Waals surface area (Å²) in [7, 11) is 0. The molecule has 0 radical (unpaired) electrons. The fraction of sp³-hybridized carbons (Fsp3) is 0.600. The van der Waals surface area contributed by atoms with Crippen LogP contribution in [0.15, 0.2) is 18.2 Å². The molecule has 4 heteroatoms. The number of anilines is 1. The predicted molar refractivity (Wildman–Crippen MR) is 77.4 cm³/mol. The van der Waals surface area contributed by atoms with Gasteiger partial charge in [0.1, 0.15) is 0 Å². The van der Waals surface area contributed by atoms with Crippen molar-refractivity contribution in [2.45, 2.75) is 46.1 Å². The molecule has 0 bridgehead atoms. The number of hydrogen-bond acceptors (Lipinski definition) is 3. The van der Waals surface area contributed by atoms with Gasteiger partial charge in [-0.25, -0.2) is 0 Å². The number of hydrogen-bond donors (Lipinski definition) is 1. The number of benzene rings is 1. The van der Waals surface area contributed by atoms with E-state index in [1.165, 1.54) is 19.3 Å². The Hall–Kier alpha value is -1.58. The molecular weight excluding hydrogens is 240 g/mol. The second kappa shape index (κ2) is 5.59. The molecule has 1 aromatic carbocycles. The summed E-state index contributed by atoms with van der Waals surface area (Å²) < 4.78 is 0. The summed E-state index contributed by atoms with van der Waals surface area (Å²) in [6, 6.07) is 5.52. The zero-order chi connectivity index (χ0) is 14.0. The van der Waals surface area contributed by atoms with E-state index < -0.39 is 0 Å². The van der Waals surface area contributed by atoms with Gasteiger partial charge in [0.15, 0.2) is 0 Å². The number of rotatable bonds is 3. The lowest BCUT2D eigenvalue weighted by Gasteiger charge is -2.35. The molecule has 2 rings (SSSR count). The van der Waals surface area contributed by atoms with Crippen molar-refractivity contribution >= 4 is 11.4 Å². The van der Waals surface area contributed by atoms with E-state index in [4.69, 9.17) is 0 Å². The smallest absolute Gasteiger partial charge is 0.269 e. The molecule has 19 heavy (non-hydrogen) atoms. The minimum atomic E-state index is -0.345. The zero-order valence-electron chi connectivity index (χ0n) is 11.8. The third kappa shape index (κ3) is 3.06. The molecular formula is C15H22N2O2. The summed E-state index contributed by atoms with van der Waals surface area (Å²) in [5.41, 5.74) is 2.13. The van der Waals surface area contributed by atoms with Crippen LogP contribution in [0.2, 0.25) is 0 Å². The van der Waals surface area contributed by atoms with Gasteiger partial charge < -0.3 is 5.32 Å². The fourth-order valence-corrected chi connectivity index (χ4v) is 2.91. The molecule has 1 aliphatic rings. The van der Waals surface area contributed by atoms with E-state index in [-0.39, 0.29) is 10.6 Å². The zero-order valence-corrected chi connectivity index (χ0v) is 11.8. The van der Waals surface area contributed by atoms with Crippen LogP contribution in [0.25, 0.3) is 0 Å². The van der Waals surface area contributed by atoms with Gasteiger partial charge in [-0.3, -0.25) is 10.1 Å². The van der Waals surface area contributed by atoms with Crippen LogP contribution in [0.4, 0.5) is 11.4 Å². The van der Waals surface area contributed by atoms with Crippen molar-refractivity contribution < 1.29 is 4.92 Å². The lowest BCUT2D eigenvalue weighted by Crippen LogP contribution is -2.35. The summed E-state index contributed by atoms with van der Waals surface area (Å²) in [6.45, 7) is 6.52. The van der Waals surface area contributed by atoms with Crippen molar-refractivity contribution in [3.05, 3.63) is 33.9 Å². The van der Waals surface area contributed by atoms with Crippen LogP contribution in [0, 0.1) is 28.9 Å². The lowest BCUT2D eigenvalue weighted by atomic mass is 9.78. The Balaban J connectivity index is 2.12. The second-order valence-electron chi connectivity index (χ2n) is 5.77. The van der Waals surface area contributed by atoms with Gasteiger partial charge in [-0.1, -0.05) is 26.7 Å². The molecule has 0 saturated heterocycles. The number of aryl methyl sites for hydroxylation is 1. The van der Waals surface area contributed by atoms with Crippen LogP contribution in [-0.4, -0.2) is 11.0 Å². The van der Waals surface area contributed by atoms with E-state index in [1.54, 1.807) is 12.1 Å². The van der Waals surface area contributed by atoms with Crippen LogP contribution < -0.4 is 5.32 Å². The molecule has 3 unspecified atom stereocenters. The highest BCUT2D eigenvalue weighted by molar-refractivity contribution is 5.56. The summed E-state index contributed by atoms with van der Waals surface area (Å²) >= 11 is 0. The first-order valence-electron chi connectivity index (χ1n) is 7.00. The Kier molecular flexibility index (Phi) is 4.08. The Morgan fingerprint density at radius 1 is 1.32 bits per heavy atom. The number of non-ortho nitro benzene ring substituents is 1. The summed E-state index contributed by atoms with van der Waals surface area (Å²) in [5, 5.41) is 14.3. The van der Waals surface area contributed by atoms with Crippen LogP contribution in [0.3, 0.4) is 0 Å². The molecule has 1 N–H and O–H groups in total. The maximum atomic E-state index is 10.7. The van der Waals surface area contributed by atoms with Gasteiger partial charge in [-0.05, 0) is 36.8 Å². The molecule has 1 aliphatic carbocycles. The molecule has 3 atom stereocenters. The Morgan fingerprint density at radius 3 is 2.68 bits per heavy atom. The molecule has 104 valence electrons. The van der Waals surface area contributed by atoms with Gasteiger partial charge >= 0.3 is 0 Å². The number of nitro groups is 1. The molecule has 1 fully saturated rings. The van der Waals surface area contributed by atoms with Gasteiger partial charge in [0.25, 0.3) is 5.69 Å². The monoisotopic (exact) mass is 262 g/mol. The number of nitrogens with zero attached hydrogens (tertiary/aromatic N) is 1. The van der Waals surface area contributed by atoms with Crippen LogP contribution in [0.5, 0.6) is 0 Å². The van der Waals surface area contributed by atoms with Crippen molar-refractivity contribution in [1.29, 1.82) is 0 Å². The predicted octanol–water partition coefficient (Wildman–Crippen LogP) is 4.14. The maximum Gasteiger partial charge on any atom is 0.269 e. The van der Waals surface area contributed by atoms with Gasteiger partial charge in [-0.15, -0.1) is 0 Å². The van der Waals surface area contributed by atoms with Gasteiger partial charge in [0.2, 0.25) is 0 Å². The first-order chi connectivity index (χ1) is 8.99. The van der Waals surface area contributed by atoms with Gasteiger partial charge in [-0.2, -0.15) is 0 Å². The Labute approximate surface area is 114 Å². The molecule has 4 nitrogen and oxygen atoms in total. The highest BCUT2D eigenvalue weighted by Gasteiger charge is 2.27. The van der Waals surface area contributed by atoms with E-state index in [0.717, 1.165) is 17.2 Å². The Morgan fingerprint density at radius 2 is 2.05 bits per heavy atom. The summed E-state index contributed by atoms with van der Waals surface area (Å²) in [5.74, 6) is 1.38. The second-order valence-corrected chi connectivity index (χ2v) is 5.77. The van der Waals surface area contributed by atoms with Crippen LogP contribution in [0.1, 0.15) is 38.7 Å². The number of nitro benzene ring substituents is 1. The third-order valence-electron chi connectivity index (χ3n) is 4.47. The largest absolute Gasteiger partial charge is 0.382 e. The third-order valence-corrected chi connectivity index (χ3v) is 4.47. The summed E-state index contributed by atoms with van der Waals surface area (Å²) in [6.07, 6.45) is 3.75. The van der Waals surface area contributed by atoms with Crippen molar-refractivity contribution in [2.75, 3.05) is 5.32 Å². The number of nitrogens with one attached hydrogen (secondary N) is 1. The van der Waals surface area contributed by atoms with E-state index >= 15 is 0 Å². The molecule has 0 heterocycles. The average molecular weight is 262 g/mol. The van der Waals surface area contributed by atoms with Crippen LogP contribution in [-0.2, 0) is 0 Å². The maximum absolute atomic E-state index is 10.7. The SMILES string of the molecule is Cc1cc([N+](=O)[O-])ccc1NC1CCCC(C)C1C. The van der Waals surface area contributed by atoms with Crippen molar-refractivity contribution in [1.82, 2.24) is 0 Å². The van der Waals surface area contributed by atoms with E-state index in [2.05, 4.69) is 19.2 Å². The fourth-order valence-electron chi connectivity index (χ4n) is 2.91. The average Bonchev–Trinajstić information content (AvgIpc) is 2.37. The van der Waals surface area contributed by atoms with Crippen molar-refractivity contribution in [3.63, 3.8) is 0 Å². The highest BCUT2D eigenvalue weighted by atomic mass is 16.6. The molecule has 0 amide bonds. The van der Waals surface area contributed by atoms with Crippen molar-refractivity contribution in [2.24, 2.45) is 11.8 Å². The molecule has 1 saturated carbocycles. The van der Waals surface area contributed by atoms with Gasteiger partial charge in [0, 0.05) is 23.9 Å². The minimum absolute atomic E-state index is 0.160.